The molecule has 12 heavy (non-hydrogen) atoms. The Labute approximate surface area is 73.1 Å². The van der Waals surface area contributed by atoms with E-state index in [-0.39, 0.29) is 17.9 Å². The Morgan fingerprint density at radius 3 is 2.58 bits per heavy atom. The molecule has 1 heterocycles. The van der Waals surface area contributed by atoms with E-state index in [9.17, 15) is 0 Å². The van der Waals surface area contributed by atoms with Crippen LogP contribution in [0.3, 0.4) is 0 Å². The predicted molar refractivity (Wildman–Crippen MR) is 45.8 cm³/mol. The van der Waals surface area contributed by atoms with Crippen LogP contribution < -0.4 is 5.32 Å². The van der Waals surface area contributed by atoms with Crippen LogP contribution in [0.5, 0.6) is 0 Å². The van der Waals surface area contributed by atoms with Crippen molar-refractivity contribution >= 4 is 0 Å². The maximum atomic E-state index is 9.13. The number of aliphatic hydroxyl groups is 1. The summed E-state index contributed by atoms with van der Waals surface area (Å²) >= 11 is 0. The average molecular weight is 171 g/mol. The van der Waals surface area contributed by atoms with Gasteiger partial charge in [-0.3, -0.25) is 5.32 Å². The van der Waals surface area contributed by atoms with E-state index in [4.69, 9.17) is 9.84 Å². The van der Waals surface area contributed by atoms with Gasteiger partial charge < -0.3 is 9.84 Å². The Morgan fingerprint density at radius 2 is 2.08 bits per heavy atom. The zero-order valence-corrected chi connectivity index (χ0v) is 7.60. The molecule has 0 aromatic carbocycles. The molecule has 3 nitrogen and oxygen atoms in total. The molecule has 1 spiro atoms. The van der Waals surface area contributed by atoms with Crippen LogP contribution in [0.25, 0.3) is 0 Å². The maximum Gasteiger partial charge on any atom is 0.119 e. The first-order chi connectivity index (χ1) is 5.68. The molecule has 2 N–H and O–H groups in total. The Hall–Kier alpha value is -0.120. The van der Waals surface area contributed by atoms with Gasteiger partial charge in [0.1, 0.15) is 5.72 Å². The zero-order chi connectivity index (χ0) is 8.66. The molecule has 1 atom stereocenters. The molecule has 70 valence electrons. The Kier molecular flexibility index (Phi) is 1.90. The van der Waals surface area contributed by atoms with E-state index in [1.807, 2.05) is 6.92 Å². The van der Waals surface area contributed by atoms with Crippen molar-refractivity contribution in [1.29, 1.82) is 0 Å². The summed E-state index contributed by atoms with van der Waals surface area (Å²) in [7, 11) is 0. The van der Waals surface area contributed by atoms with Gasteiger partial charge in [0, 0.05) is 0 Å². The minimum Gasteiger partial charge on any atom is -0.394 e. The number of rotatable bonds is 1. The lowest BCUT2D eigenvalue weighted by molar-refractivity contribution is -0.00385. The summed E-state index contributed by atoms with van der Waals surface area (Å²) in [5.41, 5.74) is -0.290. The van der Waals surface area contributed by atoms with Crippen LogP contribution in [0.4, 0.5) is 0 Å². The van der Waals surface area contributed by atoms with E-state index in [0.717, 1.165) is 12.8 Å². The highest BCUT2D eigenvalue weighted by Gasteiger charge is 2.47. The molecule has 1 unspecified atom stereocenters. The standard InChI is InChI=1S/C9H17NO2/c1-8(6-11)7-12-9(10-8)4-2-3-5-9/h10-11H,2-7H2,1H3. The van der Waals surface area contributed by atoms with Crippen LogP contribution in [0, 0.1) is 0 Å². The lowest BCUT2D eigenvalue weighted by atomic mass is 10.0. The molecule has 1 saturated heterocycles. The van der Waals surface area contributed by atoms with Gasteiger partial charge in [-0.25, -0.2) is 0 Å². The highest BCUT2D eigenvalue weighted by molar-refractivity contribution is 4.99. The molecule has 2 fully saturated rings. The summed E-state index contributed by atoms with van der Waals surface area (Å²) in [6.45, 7) is 2.82. The van der Waals surface area contributed by atoms with E-state index in [1.54, 1.807) is 0 Å². The number of nitrogens with one attached hydrogen (secondary N) is 1. The molecular formula is C9H17NO2. The molecule has 2 aliphatic rings. The minimum absolute atomic E-state index is 0.0858. The molecule has 0 amide bonds. The third-order valence-electron chi connectivity index (χ3n) is 2.96. The molecule has 0 aromatic heterocycles. The number of ether oxygens (including phenoxy) is 1. The van der Waals surface area contributed by atoms with Crippen molar-refractivity contribution in [3.8, 4) is 0 Å². The monoisotopic (exact) mass is 171 g/mol. The van der Waals surface area contributed by atoms with Gasteiger partial charge in [-0.1, -0.05) is 0 Å². The largest absolute Gasteiger partial charge is 0.394 e. The van der Waals surface area contributed by atoms with Crippen LogP contribution in [0.1, 0.15) is 32.6 Å². The lowest BCUT2D eigenvalue weighted by Crippen LogP contribution is -2.50. The predicted octanol–water partition coefficient (Wildman–Crippen LogP) is 0.627. The lowest BCUT2D eigenvalue weighted by Gasteiger charge is -2.26. The molecule has 3 heteroatoms. The van der Waals surface area contributed by atoms with E-state index in [2.05, 4.69) is 5.32 Å². The highest BCUT2D eigenvalue weighted by atomic mass is 16.5. The van der Waals surface area contributed by atoms with Crippen LogP contribution in [0.15, 0.2) is 0 Å². The fraction of sp³-hybridized carbons (Fsp3) is 1.00. The minimum atomic E-state index is -0.204. The molecule has 2 rings (SSSR count). The van der Waals surface area contributed by atoms with Gasteiger partial charge in [-0.2, -0.15) is 0 Å². The topological polar surface area (TPSA) is 41.5 Å². The first-order valence-electron chi connectivity index (χ1n) is 4.72. The molecule has 1 aliphatic carbocycles. The van der Waals surface area contributed by atoms with Gasteiger partial charge in [-0.15, -0.1) is 0 Å². The van der Waals surface area contributed by atoms with Crippen molar-refractivity contribution < 1.29 is 9.84 Å². The van der Waals surface area contributed by atoms with Crippen molar-refractivity contribution in [2.75, 3.05) is 13.2 Å². The van der Waals surface area contributed by atoms with Crippen molar-refractivity contribution in [3.63, 3.8) is 0 Å². The third kappa shape index (κ3) is 1.26. The summed E-state index contributed by atoms with van der Waals surface area (Å²) in [4.78, 5) is 0. The number of hydrogen-bond acceptors (Lipinski definition) is 3. The smallest absolute Gasteiger partial charge is 0.119 e. The summed E-state index contributed by atoms with van der Waals surface area (Å²) < 4.78 is 5.74. The van der Waals surface area contributed by atoms with Crippen LogP contribution in [0.2, 0.25) is 0 Å². The zero-order valence-electron chi connectivity index (χ0n) is 7.60. The summed E-state index contributed by atoms with van der Waals surface area (Å²) in [5, 5.41) is 12.5. The van der Waals surface area contributed by atoms with Gasteiger partial charge in [0.25, 0.3) is 0 Å². The van der Waals surface area contributed by atoms with E-state index >= 15 is 0 Å². The van der Waals surface area contributed by atoms with Crippen molar-refractivity contribution in [1.82, 2.24) is 5.32 Å². The summed E-state index contributed by atoms with van der Waals surface area (Å²) in [6, 6.07) is 0. The fourth-order valence-corrected chi connectivity index (χ4v) is 2.22. The van der Waals surface area contributed by atoms with Crippen LogP contribution in [-0.2, 0) is 4.74 Å². The van der Waals surface area contributed by atoms with E-state index in [0.29, 0.717) is 6.61 Å². The second-order valence-corrected chi connectivity index (χ2v) is 4.33. The molecule has 1 saturated carbocycles. The van der Waals surface area contributed by atoms with E-state index < -0.39 is 0 Å². The summed E-state index contributed by atoms with van der Waals surface area (Å²) in [6.07, 6.45) is 4.69. The van der Waals surface area contributed by atoms with Gasteiger partial charge in [0.15, 0.2) is 0 Å². The first-order valence-corrected chi connectivity index (χ1v) is 4.72. The summed E-state index contributed by atoms with van der Waals surface area (Å²) in [5.74, 6) is 0. The quantitative estimate of drug-likeness (QED) is 0.608. The van der Waals surface area contributed by atoms with Crippen molar-refractivity contribution in [3.05, 3.63) is 0 Å². The Balaban J connectivity index is 2.05. The number of aliphatic hydroxyl groups excluding tert-OH is 1. The Morgan fingerprint density at radius 1 is 1.42 bits per heavy atom. The first kappa shape index (κ1) is 8.48. The Bertz CT molecular complexity index is 177. The van der Waals surface area contributed by atoms with Crippen LogP contribution in [-0.4, -0.2) is 29.6 Å². The third-order valence-corrected chi connectivity index (χ3v) is 2.96. The molecule has 0 radical (unpaired) electrons. The molecule has 0 bridgehead atoms. The van der Waals surface area contributed by atoms with E-state index in [1.165, 1.54) is 12.8 Å². The molecule has 0 aromatic rings. The van der Waals surface area contributed by atoms with Crippen LogP contribution >= 0.6 is 0 Å². The normalized spacial score (nSPS) is 39.5. The second-order valence-electron chi connectivity index (χ2n) is 4.33. The molecule has 1 aliphatic heterocycles. The van der Waals surface area contributed by atoms with Crippen molar-refractivity contribution in [2.45, 2.75) is 43.9 Å². The highest BCUT2D eigenvalue weighted by Crippen LogP contribution is 2.37. The maximum absolute atomic E-state index is 9.13. The van der Waals surface area contributed by atoms with Crippen molar-refractivity contribution in [2.24, 2.45) is 0 Å². The van der Waals surface area contributed by atoms with Gasteiger partial charge in [0.2, 0.25) is 0 Å². The average Bonchev–Trinajstić information content (AvgIpc) is 2.63. The fourth-order valence-electron chi connectivity index (χ4n) is 2.22. The second kappa shape index (κ2) is 2.69. The molecular weight excluding hydrogens is 154 g/mol. The number of hydrogen-bond donors (Lipinski definition) is 2. The SMILES string of the molecule is CC1(CO)COC2(CCCC2)N1. The van der Waals surface area contributed by atoms with Gasteiger partial charge in [-0.05, 0) is 32.6 Å². The van der Waals surface area contributed by atoms with Gasteiger partial charge in [0.05, 0.1) is 18.8 Å². The van der Waals surface area contributed by atoms with Gasteiger partial charge >= 0.3 is 0 Å².